The molecule has 0 atom stereocenters. The molecule has 0 bridgehead atoms. The van der Waals surface area contributed by atoms with Crippen LogP contribution >= 0.6 is 0 Å². The molecule has 0 unspecified atom stereocenters. The average Bonchev–Trinajstić information content (AvgIpc) is 2.30. The molecule has 0 aliphatic rings. The van der Waals surface area contributed by atoms with Crippen molar-refractivity contribution in [3.8, 4) is 5.75 Å². The van der Waals surface area contributed by atoms with Gasteiger partial charge < -0.3 is 10.1 Å². The molecule has 1 aromatic carbocycles. The van der Waals surface area contributed by atoms with Gasteiger partial charge in [0, 0.05) is 6.54 Å². The fourth-order valence-electron chi connectivity index (χ4n) is 1.95. The van der Waals surface area contributed by atoms with Gasteiger partial charge in [-0.1, -0.05) is 31.5 Å². The first-order chi connectivity index (χ1) is 8.59. The van der Waals surface area contributed by atoms with Gasteiger partial charge in [-0.3, -0.25) is 0 Å². The van der Waals surface area contributed by atoms with Gasteiger partial charge in [-0.15, -0.1) is 0 Å². The molecule has 2 heteroatoms. The number of benzene rings is 1. The zero-order valence-corrected chi connectivity index (χ0v) is 12.3. The van der Waals surface area contributed by atoms with Crippen LogP contribution in [0.4, 0.5) is 0 Å². The van der Waals surface area contributed by atoms with E-state index in [1.54, 1.807) is 0 Å². The number of hydrogen-bond acceptors (Lipinski definition) is 2. The van der Waals surface area contributed by atoms with Crippen molar-refractivity contribution >= 4 is 0 Å². The lowest BCUT2D eigenvalue weighted by atomic mass is 10.1. The van der Waals surface area contributed by atoms with E-state index >= 15 is 0 Å². The number of nitrogens with one attached hydrogen (secondary N) is 1. The normalized spacial score (nSPS) is 10.9. The summed E-state index contributed by atoms with van der Waals surface area (Å²) in [4.78, 5) is 0. The van der Waals surface area contributed by atoms with Crippen LogP contribution in [0.25, 0.3) is 0 Å². The Morgan fingerprint density at radius 1 is 1.17 bits per heavy atom. The Kier molecular flexibility index (Phi) is 6.81. The molecule has 0 aliphatic heterocycles. The standard InChI is InChI=1S/C16H27NO/c1-13(2)6-5-9-17-10-11-18-16-8-7-14(3)12-15(16)4/h7-8,12-13,17H,5-6,9-11H2,1-4H3. The SMILES string of the molecule is Cc1ccc(OCCNCCCC(C)C)c(C)c1. The summed E-state index contributed by atoms with van der Waals surface area (Å²) in [5.74, 6) is 1.81. The first-order valence-corrected chi connectivity index (χ1v) is 7.00. The topological polar surface area (TPSA) is 21.3 Å². The highest BCUT2D eigenvalue weighted by Crippen LogP contribution is 2.18. The van der Waals surface area contributed by atoms with Gasteiger partial charge in [0.1, 0.15) is 12.4 Å². The van der Waals surface area contributed by atoms with Crippen LogP contribution in [0.2, 0.25) is 0 Å². The summed E-state index contributed by atoms with van der Waals surface area (Å²) >= 11 is 0. The molecule has 1 rings (SSSR count). The highest BCUT2D eigenvalue weighted by Gasteiger charge is 1.99. The molecule has 0 saturated heterocycles. The smallest absolute Gasteiger partial charge is 0.122 e. The molecule has 2 nitrogen and oxygen atoms in total. The number of hydrogen-bond donors (Lipinski definition) is 1. The van der Waals surface area contributed by atoms with Gasteiger partial charge in [0.05, 0.1) is 0 Å². The van der Waals surface area contributed by atoms with E-state index in [0.29, 0.717) is 0 Å². The van der Waals surface area contributed by atoms with Gasteiger partial charge in [-0.2, -0.15) is 0 Å². The zero-order chi connectivity index (χ0) is 13.4. The Labute approximate surface area is 112 Å². The second-order valence-electron chi connectivity index (χ2n) is 5.40. The zero-order valence-electron chi connectivity index (χ0n) is 12.3. The van der Waals surface area contributed by atoms with Gasteiger partial charge in [0.25, 0.3) is 0 Å². The Balaban J connectivity index is 2.11. The first kappa shape index (κ1) is 15.0. The number of ether oxygens (including phenoxy) is 1. The molecule has 0 radical (unpaired) electrons. The summed E-state index contributed by atoms with van der Waals surface area (Å²) in [5.41, 5.74) is 2.50. The molecule has 0 aromatic heterocycles. The Morgan fingerprint density at radius 2 is 1.94 bits per heavy atom. The summed E-state index contributed by atoms with van der Waals surface area (Å²) < 4.78 is 5.76. The van der Waals surface area contributed by atoms with E-state index < -0.39 is 0 Å². The molecule has 0 spiro atoms. The molecule has 18 heavy (non-hydrogen) atoms. The summed E-state index contributed by atoms with van der Waals surface area (Å²) in [7, 11) is 0. The lowest BCUT2D eigenvalue weighted by molar-refractivity contribution is 0.311. The second kappa shape index (κ2) is 8.15. The largest absolute Gasteiger partial charge is 0.492 e. The fraction of sp³-hybridized carbons (Fsp3) is 0.625. The predicted molar refractivity (Wildman–Crippen MR) is 78.4 cm³/mol. The van der Waals surface area contributed by atoms with Crippen LogP contribution in [-0.4, -0.2) is 19.7 Å². The third kappa shape index (κ3) is 6.06. The van der Waals surface area contributed by atoms with Crippen molar-refractivity contribution < 1.29 is 4.74 Å². The minimum absolute atomic E-state index is 0.742. The van der Waals surface area contributed by atoms with Crippen LogP contribution in [0.3, 0.4) is 0 Å². The van der Waals surface area contributed by atoms with E-state index in [2.05, 4.69) is 51.2 Å². The molecular formula is C16H27NO. The lowest BCUT2D eigenvalue weighted by Crippen LogP contribution is -2.22. The molecule has 1 aromatic rings. The van der Waals surface area contributed by atoms with Gasteiger partial charge in [-0.25, -0.2) is 0 Å². The van der Waals surface area contributed by atoms with Crippen molar-refractivity contribution in [2.75, 3.05) is 19.7 Å². The molecule has 0 amide bonds. The minimum Gasteiger partial charge on any atom is -0.492 e. The summed E-state index contributed by atoms with van der Waals surface area (Å²) in [5, 5.41) is 3.42. The van der Waals surface area contributed by atoms with E-state index in [4.69, 9.17) is 4.74 Å². The third-order valence-electron chi connectivity index (χ3n) is 3.00. The summed E-state index contributed by atoms with van der Waals surface area (Å²) in [6, 6.07) is 6.31. The maximum Gasteiger partial charge on any atom is 0.122 e. The quantitative estimate of drug-likeness (QED) is 0.709. The summed E-state index contributed by atoms with van der Waals surface area (Å²) in [6.07, 6.45) is 2.55. The lowest BCUT2D eigenvalue weighted by Gasteiger charge is -2.10. The fourth-order valence-corrected chi connectivity index (χ4v) is 1.95. The second-order valence-corrected chi connectivity index (χ2v) is 5.40. The minimum atomic E-state index is 0.742. The van der Waals surface area contributed by atoms with E-state index in [1.807, 2.05) is 0 Å². The van der Waals surface area contributed by atoms with Crippen molar-refractivity contribution in [1.29, 1.82) is 0 Å². The predicted octanol–water partition coefficient (Wildman–Crippen LogP) is 3.71. The maximum atomic E-state index is 5.76. The Bertz CT molecular complexity index is 347. The average molecular weight is 249 g/mol. The monoisotopic (exact) mass is 249 g/mol. The van der Waals surface area contributed by atoms with Crippen LogP contribution in [0.1, 0.15) is 37.8 Å². The molecule has 0 fully saturated rings. The van der Waals surface area contributed by atoms with Crippen molar-refractivity contribution in [1.82, 2.24) is 5.32 Å². The first-order valence-electron chi connectivity index (χ1n) is 7.00. The number of rotatable bonds is 8. The molecule has 102 valence electrons. The Morgan fingerprint density at radius 3 is 2.61 bits per heavy atom. The van der Waals surface area contributed by atoms with E-state index in [-0.39, 0.29) is 0 Å². The molecule has 0 aliphatic carbocycles. The van der Waals surface area contributed by atoms with Crippen LogP contribution in [0.15, 0.2) is 18.2 Å². The highest BCUT2D eigenvalue weighted by molar-refractivity contribution is 5.35. The Hall–Kier alpha value is -1.02. The van der Waals surface area contributed by atoms with Crippen molar-refractivity contribution in [2.24, 2.45) is 5.92 Å². The highest BCUT2D eigenvalue weighted by atomic mass is 16.5. The third-order valence-corrected chi connectivity index (χ3v) is 3.00. The summed E-state index contributed by atoms with van der Waals surface area (Å²) in [6.45, 7) is 11.5. The van der Waals surface area contributed by atoms with Crippen LogP contribution < -0.4 is 10.1 Å². The van der Waals surface area contributed by atoms with Crippen LogP contribution in [-0.2, 0) is 0 Å². The van der Waals surface area contributed by atoms with Crippen molar-refractivity contribution in [3.63, 3.8) is 0 Å². The molecule has 1 N–H and O–H groups in total. The van der Waals surface area contributed by atoms with Crippen LogP contribution in [0, 0.1) is 19.8 Å². The molecular weight excluding hydrogens is 222 g/mol. The molecule has 0 heterocycles. The van der Waals surface area contributed by atoms with E-state index in [0.717, 1.165) is 31.4 Å². The maximum absolute atomic E-state index is 5.76. The van der Waals surface area contributed by atoms with Gasteiger partial charge in [-0.05, 0) is 50.8 Å². The van der Waals surface area contributed by atoms with Crippen molar-refractivity contribution in [2.45, 2.75) is 40.5 Å². The van der Waals surface area contributed by atoms with Gasteiger partial charge in [0.15, 0.2) is 0 Å². The van der Waals surface area contributed by atoms with Gasteiger partial charge >= 0.3 is 0 Å². The number of aryl methyl sites for hydroxylation is 2. The van der Waals surface area contributed by atoms with E-state index in [9.17, 15) is 0 Å². The van der Waals surface area contributed by atoms with Crippen molar-refractivity contribution in [3.05, 3.63) is 29.3 Å². The van der Waals surface area contributed by atoms with Gasteiger partial charge in [0.2, 0.25) is 0 Å². The van der Waals surface area contributed by atoms with E-state index in [1.165, 1.54) is 24.0 Å². The molecule has 0 saturated carbocycles. The van der Waals surface area contributed by atoms with Crippen LogP contribution in [0.5, 0.6) is 5.75 Å².